The molecule has 3 N–H and O–H groups in total. The number of hydrogen-bond acceptors (Lipinski definition) is 3. The molecule has 1 aromatic heterocycles. The van der Waals surface area contributed by atoms with E-state index in [1.165, 1.54) is 0 Å². The monoisotopic (exact) mass is 384 g/mol. The van der Waals surface area contributed by atoms with Crippen molar-refractivity contribution in [2.45, 2.75) is 32.7 Å². The van der Waals surface area contributed by atoms with Crippen LogP contribution in [0, 0.1) is 5.92 Å². The molecule has 1 aliphatic rings. The van der Waals surface area contributed by atoms with Crippen molar-refractivity contribution in [2.75, 3.05) is 26.2 Å². The van der Waals surface area contributed by atoms with Crippen LogP contribution >= 0.6 is 15.9 Å². The maximum atomic E-state index is 12.9. The van der Waals surface area contributed by atoms with Gasteiger partial charge in [-0.1, -0.05) is 0 Å². The van der Waals surface area contributed by atoms with Crippen molar-refractivity contribution >= 4 is 27.7 Å². The van der Waals surface area contributed by atoms with Crippen LogP contribution in [0.2, 0.25) is 0 Å². The first-order valence-electron chi connectivity index (χ1n) is 8.08. The van der Waals surface area contributed by atoms with Gasteiger partial charge in [0.15, 0.2) is 0 Å². The van der Waals surface area contributed by atoms with Crippen LogP contribution in [-0.2, 0) is 4.79 Å². The van der Waals surface area contributed by atoms with E-state index in [1.807, 2.05) is 30.7 Å². The Balaban J connectivity index is 2.09. The molecule has 0 aliphatic carbocycles. The molecule has 1 fully saturated rings. The van der Waals surface area contributed by atoms with Gasteiger partial charge < -0.3 is 20.5 Å². The summed E-state index contributed by atoms with van der Waals surface area (Å²) < 4.78 is 2.86. The number of aromatic nitrogens is 1. The summed E-state index contributed by atoms with van der Waals surface area (Å²) in [5.41, 5.74) is 6.08. The van der Waals surface area contributed by atoms with E-state index in [0.717, 1.165) is 17.3 Å². The van der Waals surface area contributed by atoms with Crippen molar-refractivity contribution in [3.63, 3.8) is 0 Å². The second-order valence-corrected chi connectivity index (χ2v) is 7.13. The second kappa shape index (κ2) is 7.97. The fraction of sp³-hybridized carbons (Fsp3) is 0.625. The zero-order valence-electron chi connectivity index (χ0n) is 13.7. The highest BCUT2D eigenvalue weighted by Gasteiger charge is 2.30. The molecule has 2 amide bonds. The van der Waals surface area contributed by atoms with Gasteiger partial charge in [0.1, 0.15) is 5.69 Å². The molecule has 2 heterocycles. The van der Waals surface area contributed by atoms with Gasteiger partial charge in [0, 0.05) is 42.9 Å². The fourth-order valence-corrected chi connectivity index (χ4v) is 3.36. The maximum Gasteiger partial charge on any atom is 0.270 e. The zero-order chi connectivity index (χ0) is 17.0. The lowest BCUT2D eigenvalue weighted by Crippen LogP contribution is -2.46. The van der Waals surface area contributed by atoms with Crippen molar-refractivity contribution in [1.82, 2.24) is 14.8 Å². The molecule has 1 unspecified atom stereocenters. The van der Waals surface area contributed by atoms with Crippen LogP contribution in [0.25, 0.3) is 0 Å². The van der Waals surface area contributed by atoms with Crippen molar-refractivity contribution in [2.24, 2.45) is 11.7 Å². The summed E-state index contributed by atoms with van der Waals surface area (Å²) in [5.74, 6) is -0.167. The van der Waals surface area contributed by atoms with Crippen molar-refractivity contribution in [3.8, 4) is 0 Å². The van der Waals surface area contributed by atoms with E-state index < -0.39 is 0 Å². The summed E-state index contributed by atoms with van der Waals surface area (Å²) in [6.07, 6.45) is 3.58. The van der Waals surface area contributed by atoms with Gasteiger partial charge in [-0.2, -0.15) is 0 Å². The molecule has 1 atom stereocenters. The molecule has 0 radical (unpaired) electrons. The van der Waals surface area contributed by atoms with Crippen LogP contribution in [-0.4, -0.2) is 47.5 Å². The van der Waals surface area contributed by atoms with Gasteiger partial charge in [0.25, 0.3) is 5.91 Å². The van der Waals surface area contributed by atoms with E-state index in [4.69, 9.17) is 5.73 Å². The Bertz CT molecular complexity index is 570. The maximum absolute atomic E-state index is 12.9. The number of amides is 2. The van der Waals surface area contributed by atoms with Gasteiger partial charge in [0.05, 0.1) is 5.92 Å². The number of piperidine rings is 1. The summed E-state index contributed by atoms with van der Waals surface area (Å²) in [6, 6.07) is 2.05. The lowest BCUT2D eigenvalue weighted by Gasteiger charge is -2.32. The second-order valence-electron chi connectivity index (χ2n) is 6.21. The molecule has 0 saturated carbocycles. The van der Waals surface area contributed by atoms with E-state index in [1.54, 1.807) is 4.90 Å². The number of nitrogens with two attached hydrogens (primary N) is 1. The molecular formula is C16H25BrN4O2. The summed E-state index contributed by atoms with van der Waals surface area (Å²) in [4.78, 5) is 26.8. The normalized spacial score (nSPS) is 18.3. The zero-order valence-corrected chi connectivity index (χ0v) is 15.3. The molecule has 0 aromatic carbocycles. The Morgan fingerprint density at radius 1 is 1.48 bits per heavy atom. The third-order valence-corrected chi connectivity index (χ3v) is 4.55. The average Bonchev–Trinajstić information content (AvgIpc) is 2.94. The van der Waals surface area contributed by atoms with Crippen LogP contribution in [0.4, 0.5) is 0 Å². The van der Waals surface area contributed by atoms with Crippen LogP contribution in [0.1, 0.15) is 43.2 Å². The first kappa shape index (κ1) is 18.0. The first-order valence-corrected chi connectivity index (χ1v) is 8.87. The summed E-state index contributed by atoms with van der Waals surface area (Å²) in [6.45, 7) is 6.16. The predicted molar refractivity (Wildman–Crippen MR) is 93.2 cm³/mol. The minimum Gasteiger partial charge on any atom is -0.355 e. The van der Waals surface area contributed by atoms with Gasteiger partial charge in [-0.3, -0.25) is 9.59 Å². The molecule has 7 heteroatoms. The van der Waals surface area contributed by atoms with Crippen molar-refractivity contribution < 1.29 is 9.59 Å². The molecule has 0 spiro atoms. The van der Waals surface area contributed by atoms with Crippen molar-refractivity contribution in [3.05, 3.63) is 22.4 Å². The highest BCUT2D eigenvalue weighted by atomic mass is 79.9. The Kier molecular flexibility index (Phi) is 6.24. The Labute approximate surface area is 145 Å². The fourth-order valence-electron chi connectivity index (χ4n) is 2.92. The molecule has 1 saturated heterocycles. The Morgan fingerprint density at radius 2 is 2.22 bits per heavy atom. The minimum absolute atomic E-state index is 0.00614. The van der Waals surface area contributed by atoms with Crippen LogP contribution in [0.3, 0.4) is 0 Å². The van der Waals surface area contributed by atoms with Gasteiger partial charge >= 0.3 is 0 Å². The standard InChI is InChI=1S/C16H25BrN4O2/c1-11(2)21-10-13(17)8-14(21)16(23)20-7-3-4-12(9-20)15(22)19-6-5-18/h8,10-12H,3-7,9,18H2,1-2H3,(H,19,22). The number of carbonyl (C=O) groups excluding carboxylic acids is 2. The average molecular weight is 385 g/mol. The van der Waals surface area contributed by atoms with Crippen LogP contribution in [0.5, 0.6) is 0 Å². The van der Waals surface area contributed by atoms with E-state index >= 15 is 0 Å². The Hall–Kier alpha value is -1.34. The van der Waals surface area contributed by atoms with Gasteiger partial charge in [0.2, 0.25) is 5.91 Å². The van der Waals surface area contributed by atoms with Gasteiger partial charge in [-0.15, -0.1) is 0 Å². The molecule has 23 heavy (non-hydrogen) atoms. The van der Waals surface area contributed by atoms with Gasteiger partial charge in [-0.05, 0) is 48.7 Å². The Morgan fingerprint density at radius 3 is 2.87 bits per heavy atom. The quantitative estimate of drug-likeness (QED) is 0.811. The largest absolute Gasteiger partial charge is 0.355 e. The third-order valence-electron chi connectivity index (χ3n) is 4.11. The van der Waals surface area contributed by atoms with Crippen molar-refractivity contribution in [1.29, 1.82) is 0 Å². The topological polar surface area (TPSA) is 80.4 Å². The summed E-state index contributed by atoms with van der Waals surface area (Å²) in [5, 5.41) is 2.82. The molecular weight excluding hydrogens is 360 g/mol. The smallest absolute Gasteiger partial charge is 0.270 e. The van der Waals surface area contributed by atoms with E-state index in [9.17, 15) is 9.59 Å². The molecule has 6 nitrogen and oxygen atoms in total. The third kappa shape index (κ3) is 4.35. The SMILES string of the molecule is CC(C)n1cc(Br)cc1C(=O)N1CCCC(C(=O)NCCN)C1. The first-order chi connectivity index (χ1) is 10.9. The number of carbonyl (C=O) groups is 2. The summed E-state index contributed by atoms with van der Waals surface area (Å²) in [7, 11) is 0. The number of nitrogens with one attached hydrogen (secondary N) is 1. The van der Waals surface area contributed by atoms with Gasteiger partial charge in [-0.25, -0.2) is 0 Å². The molecule has 128 valence electrons. The molecule has 1 aliphatic heterocycles. The van der Waals surface area contributed by atoms with E-state index in [0.29, 0.717) is 31.9 Å². The predicted octanol–water partition coefficient (Wildman–Crippen LogP) is 1.76. The highest BCUT2D eigenvalue weighted by Crippen LogP contribution is 2.23. The lowest BCUT2D eigenvalue weighted by atomic mass is 9.97. The lowest BCUT2D eigenvalue weighted by molar-refractivity contribution is -0.126. The van der Waals surface area contributed by atoms with E-state index in [-0.39, 0.29) is 23.8 Å². The number of halogens is 1. The molecule has 2 rings (SSSR count). The number of nitrogens with zero attached hydrogens (tertiary/aromatic N) is 2. The van der Waals surface area contributed by atoms with E-state index in [2.05, 4.69) is 21.2 Å². The highest BCUT2D eigenvalue weighted by molar-refractivity contribution is 9.10. The number of rotatable bonds is 5. The van der Waals surface area contributed by atoms with Crippen LogP contribution in [0.15, 0.2) is 16.7 Å². The summed E-state index contributed by atoms with van der Waals surface area (Å²) >= 11 is 3.44. The number of likely N-dealkylation sites (tertiary alicyclic amines) is 1. The molecule has 0 bridgehead atoms. The molecule has 1 aromatic rings. The van der Waals surface area contributed by atoms with Crippen LogP contribution < -0.4 is 11.1 Å². The number of hydrogen-bond donors (Lipinski definition) is 2. The minimum atomic E-state index is -0.148.